The van der Waals surface area contributed by atoms with E-state index in [1.165, 1.54) is 12.1 Å². The lowest BCUT2D eigenvalue weighted by molar-refractivity contribution is 0.0697. The first kappa shape index (κ1) is 18.5. The number of nitrogens with zero attached hydrogens (tertiary/aromatic N) is 2. The molecule has 1 heterocycles. The number of methoxy groups -OCH3 is 1. The minimum absolute atomic E-state index is 0.218. The van der Waals surface area contributed by atoms with Gasteiger partial charge in [-0.05, 0) is 48.9 Å². The van der Waals surface area contributed by atoms with E-state index < -0.39 is 5.97 Å². The monoisotopic (exact) mass is 384 g/mol. The molecular formula is C19H17ClN4O3. The van der Waals surface area contributed by atoms with E-state index >= 15 is 0 Å². The number of ether oxygens (including phenoxy) is 1. The third-order valence-electron chi connectivity index (χ3n) is 3.79. The normalized spacial score (nSPS) is 10.3. The quantitative estimate of drug-likeness (QED) is 0.570. The molecule has 0 aliphatic carbocycles. The molecule has 0 aliphatic rings. The van der Waals surface area contributed by atoms with Gasteiger partial charge in [0.25, 0.3) is 0 Å². The Kier molecular flexibility index (Phi) is 5.42. The molecule has 3 rings (SSSR count). The smallest absolute Gasteiger partial charge is 0.335 e. The van der Waals surface area contributed by atoms with E-state index in [4.69, 9.17) is 21.4 Å². The van der Waals surface area contributed by atoms with Gasteiger partial charge in [0.1, 0.15) is 11.6 Å². The van der Waals surface area contributed by atoms with Gasteiger partial charge in [-0.3, -0.25) is 0 Å². The zero-order chi connectivity index (χ0) is 19.4. The van der Waals surface area contributed by atoms with Gasteiger partial charge in [-0.15, -0.1) is 0 Å². The topological polar surface area (TPSA) is 96.4 Å². The molecule has 0 aliphatic heterocycles. The Balaban J connectivity index is 1.80. The second-order valence-electron chi connectivity index (χ2n) is 5.70. The van der Waals surface area contributed by atoms with Crippen LogP contribution in [-0.4, -0.2) is 28.2 Å². The highest BCUT2D eigenvalue weighted by Gasteiger charge is 2.09. The number of rotatable bonds is 6. The van der Waals surface area contributed by atoms with Gasteiger partial charge in [0.2, 0.25) is 5.95 Å². The summed E-state index contributed by atoms with van der Waals surface area (Å²) in [5, 5.41) is 15.8. The molecule has 0 spiro atoms. The summed E-state index contributed by atoms with van der Waals surface area (Å²) < 4.78 is 5.34. The van der Waals surface area contributed by atoms with Crippen molar-refractivity contribution in [3.05, 3.63) is 64.8 Å². The van der Waals surface area contributed by atoms with E-state index in [-0.39, 0.29) is 5.56 Å². The molecule has 138 valence electrons. The van der Waals surface area contributed by atoms with Gasteiger partial charge in [0.05, 0.1) is 18.4 Å². The summed E-state index contributed by atoms with van der Waals surface area (Å²) in [6.45, 7) is 1.90. The molecule has 1 aromatic heterocycles. The lowest BCUT2D eigenvalue weighted by Crippen LogP contribution is -2.02. The molecule has 0 fully saturated rings. The van der Waals surface area contributed by atoms with Crippen molar-refractivity contribution in [1.82, 2.24) is 9.97 Å². The fourth-order valence-electron chi connectivity index (χ4n) is 2.38. The summed E-state index contributed by atoms with van der Waals surface area (Å²) in [4.78, 5) is 19.5. The Morgan fingerprint density at radius 1 is 1.15 bits per heavy atom. The van der Waals surface area contributed by atoms with Gasteiger partial charge in [-0.25, -0.2) is 9.78 Å². The first-order chi connectivity index (χ1) is 13.0. The first-order valence-electron chi connectivity index (χ1n) is 8.01. The van der Waals surface area contributed by atoms with Crippen molar-refractivity contribution in [3.8, 4) is 5.75 Å². The van der Waals surface area contributed by atoms with E-state index in [0.29, 0.717) is 33.9 Å². The molecule has 0 atom stereocenters. The molecule has 7 nitrogen and oxygen atoms in total. The average Bonchev–Trinajstić information content (AvgIpc) is 2.65. The average molecular weight is 385 g/mol. The van der Waals surface area contributed by atoms with E-state index in [1.54, 1.807) is 37.6 Å². The predicted octanol–water partition coefficient (Wildman–Crippen LogP) is 4.63. The standard InChI is InChI=1S/C19H17ClN4O3/c1-11-9-15(16(27-2)10-14(11)20)23-19-21-8-7-17(24-19)22-13-5-3-12(4-6-13)18(25)26/h3-10H,1-2H3,(H,25,26)(H2,21,22,23,24). The number of carboxylic acids is 1. The van der Waals surface area contributed by atoms with Crippen LogP contribution in [0.25, 0.3) is 0 Å². The maximum absolute atomic E-state index is 10.9. The zero-order valence-electron chi connectivity index (χ0n) is 14.7. The van der Waals surface area contributed by atoms with Crippen molar-refractivity contribution in [2.45, 2.75) is 6.92 Å². The van der Waals surface area contributed by atoms with Crippen molar-refractivity contribution in [1.29, 1.82) is 0 Å². The zero-order valence-corrected chi connectivity index (χ0v) is 15.4. The molecule has 0 unspecified atom stereocenters. The molecule has 0 amide bonds. The summed E-state index contributed by atoms with van der Waals surface area (Å²) in [7, 11) is 1.56. The maximum atomic E-state index is 10.9. The van der Waals surface area contributed by atoms with Crippen LogP contribution in [0.15, 0.2) is 48.7 Å². The number of hydrogen-bond donors (Lipinski definition) is 3. The van der Waals surface area contributed by atoms with Crippen LogP contribution in [0.4, 0.5) is 23.1 Å². The van der Waals surface area contributed by atoms with Gasteiger partial charge < -0.3 is 20.5 Å². The lowest BCUT2D eigenvalue weighted by atomic mass is 10.2. The van der Waals surface area contributed by atoms with E-state index in [9.17, 15) is 4.79 Å². The Morgan fingerprint density at radius 3 is 2.56 bits per heavy atom. The van der Waals surface area contributed by atoms with Gasteiger partial charge >= 0.3 is 5.97 Å². The summed E-state index contributed by atoms with van der Waals surface area (Å²) in [5.41, 5.74) is 2.52. The summed E-state index contributed by atoms with van der Waals surface area (Å²) in [6.07, 6.45) is 1.61. The Bertz CT molecular complexity index is 977. The lowest BCUT2D eigenvalue weighted by Gasteiger charge is -2.13. The number of benzene rings is 2. The SMILES string of the molecule is COc1cc(Cl)c(C)cc1Nc1nccc(Nc2ccc(C(=O)O)cc2)n1. The van der Waals surface area contributed by atoms with Gasteiger partial charge in [0.15, 0.2) is 0 Å². The first-order valence-corrected chi connectivity index (χ1v) is 8.38. The summed E-state index contributed by atoms with van der Waals surface area (Å²) >= 11 is 6.13. The second kappa shape index (κ2) is 7.92. The number of aryl methyl sites for hydroxylation is 1. The fourth-order valence-corrected chi connectivity index (χ4v) is 2.54. The number of carboxylic acid groups (broad SMARTS) is 1. The molecule has 0 saturated carbocycles. The van der Waals surface area contributed by atoms with Gasteiger partial charge in [-0.2, -0.15) is 4.98 Å². The Morgan fingerprint density at radius 2 is 1.89 bits per heavy atom. The highest BCUT2D eigenvalue weighted by Crippen LogP contribution is 2.32. The molecule has 0 bridgehead atoms. The van der Waals surface area contributed by atoms with Crippen molar-refractivity contribution in [2.24, 2.45) is 0 Å². The van der Waals surface area contributed by atoms with E-state index in [0.717, 1.165) is 5.56 Å². The minimum Gasteiger partial charge on any atom is -0.495 e. The number of nitrogens with one attached hydrogen (secondary N) is 2. The van der Waals surface area contributed by atoms with E-state index in [1.807, 2.05) is 13.0 Å². The number of aromatic carboxylic acids is 1. The molecule has 27 heavy (non-hydrogen) atoms. The summed E-state index contributed by atoms with van der Waals surface area (Å²) in [6, 6.07) is 11.7. The van der Waals surface area contributed by atoms with Crippen molar-refractivity contribution < 1.29 is 14.6 Å². The van der Waals surface area contributed by atoms with Crippen LogP contribution in [-0.2, 0) is 0 Å². The second-order valence-corrected chi connectivity index (χ2v) is 6.11. The third kappa shape index (κ3) is 4.45. The summed E-state index contributed by atoms with van der Waals surface area (Å²) in [5.74, 6) is 0.543. The van der Waals surface area contributed by atoms with Crippen LogP contribution >= 0.6 is 11.6 Å². The van der Waals surface area contributed by atoms with E-state index in [2.05, 4.69) is 20.6 Å². The van der Waals surface area contributed by atoms with Crippen molar-refractivity contribution in [2.75, 3.05) is 17.7 Å². The molecular weight excluding hydrogens is 368 g/mol. The van der Waals surface area contributed by atoms with Gasteiger partial charge in [-0.1, -0.05) is 11.6 Å². The minimum atomic E-state index is -0.970. The molecule has 0 radical (unpaired) electrons. The number of carbonyl (C=O) groups is 1. The number of halogens is 1. The fraction of sp³-hybridized carbons (Fsp3) is 0.105. The molecule has 0 saturated heterocycles. The highest BCUT2D eigenvalue weighted by molar-refractivity contribution is 6.31. The molecule has 3 N–H and O–H groups in total. The van der Waals surface area contributed by atoms with Crippen LogP contribution < -0.4 is 15.4 Å². The predicted molar refractivity (Wildman–Crippen MR) is 105 cm³/mol. The number of hydrogen-bond acceptors (Lipinski definition) is 6. The molecule has 8 heteroatoms. The highest BCUT2D eigenvalue weighted by atomic mass is 35.5. The van der Waals surface area contributed by atoms with Crippen molar-refractivity contribution in [3.63, 3.8) is 0 Å². The van der Waals surface area contributed by atoms with Crippen LogP contribution in [0.3, 0.4) is 0 Å². The molecule has 3 aromatic rings. The Hall–Kier alpha value is -3.32. The van der Waals surface area contributed by atoms with Crippen LogP contribution in [0.1, 0.15) is 15.9 Å². The van der Waals surface area contributed by atoms with Crippen LogP contribution in [0.2, 0.25) is 5.02 Å². The third-order valence-corrected chi connectivity index (χ3v) is 4.19. The largest absolute Gasteiger partial charge is 0.495 e. The van der Waals surface area contributed by atoms with Gasteiger partial charge in [0, 0.05) is 23.0 Å². The number of aromatic nitrogens is 2. The Labute approximate surface area is 161 Å². The maximum Gasteiger partial charge on any atom is 0.335 e. The van der Waals surface area contributed by atoms with Crippen LogP contribution in [0, 0.1) is 6.92 Å². The number of anilines is 4. The molecule has 2 aromatic carbocycles. The van der Waals surface area contributed by atoms with Crippen LogP contribution in [0.5, 0.6) is 5.75 Å². The van der Waals surface area contributed by atoms with Crippen molar-refractivity contribution >= 4 is 40.7 Å².